The monoisotopic (exact) mass is 331 g/mol. The number of hydrogen-bond donors (Lipinski definition) is 0. The Morgan fingerprint density at radius 3 is 2.50 bits per heavy atom. The molecule has 2 amide bonds. The normalized spacial score (nSPS) is 34.8. The molecule has 3 unspecified atom stereocenters. The Hall–Kier alpha value is -1.42. The molecule has 1 aliphatic heterocycles. The SMILES string of the molecule is O=C1CC2(CC3C=CC2C3)C(=O)N1c1ccc(Br)cc1. The van der Waals surface area contributed by atoms with Gasteiger partial charge in [-0.2, -0.15) is 0 Å². The highest BCUT2D eigenvalue weighted by molar-refractivity contribution is 9.10. The second-order valence-corrected chi connectivity index (χ2v) is 6.95. The number of imide groups is 1. The Bertz CT molecular complexity index is 636. The van der Waals surface area contributed by atoms with Crippen molar-refractivity contribution in [3.05, 3.63) is 40.9 Å². The Morgan fingerprint density at radius 1 is 1.15 bits per heavy atom. The van der Waals surface area contributed by atoms with Gasteiger partial charge in [0.15, 0.2) is 0 Å². The quantitative estimate of drug-likeness (QED) is 0.585. The van der Waals surface area contributed by atoms with Crippen LogP contribution < -0.4 is 4.90 Å². The minimum atomic E-state index is -0.455. The Kier molecular flexibility index (Phi) is 2.49. The van der Waals surface area contributed by atoms with E-state index >= 15 is 0 Å². The molecule has 3 nitrogen and oxygen atoms in total. The highest BCUT2D eigenvalue weighted by atomic mass is 79.9. The van der Waals surface area contributed by atoms with Crippen LogP contribution in [0.4, 0.5) is 5.69 Å². The first-order valence-corrected chi connectivity index (χ1v) is 7.71. The molecule has 1 aromatic rings. The summed E-state index contributed by atoms with van der Waals surface area (Å²) in [6.07, 6.45) is 6.59. The second kappa shape index (κ2) is 4.04. The maximum absolute atomic E-state index is 12.9. The van der Waals surface area contributed by atoms with Gasteiger partial charge in [-0.3, -0.25) is 14.5 Å². The van der Waals surface area contributed by atoms with Gasteiger partial charge in [-0.1, -0.05) is 28.1 Å². The third-order valence-electron chi connectivity index (χ3n) is 4.94. The van der Waals surface area contributed by atoms with Crippen molar-refractivity contribution in [1.29, 1.82) is 0 Å². The van der Waals surface area contributed by atoms with Crippen LogP contribution >= 0.6 is 15.9 Å². The Balaban J connectivity index is 1.73. The van der Waals surface area contributed by atoms with Gasteiger partial charge in [0.2, 0.25) is 11.8 Å². The maximum atomic E-state index is 12.9. The van der Waals surface area contributed by atoms with E-state index in [1.807, 2.05) is 24.3 Å². The molecule has 1 saturated heterocycles. The standard InChI is InChI=1S/C16H14BrNO2/c17-12-3-5-13(6-4-12)18-14(19)9-16(15(18)20)8-10-1-2-11(16)7-10/h1-6,10-11H,7-9H2. The lowest BCUT2D eigenvalue weighted by Crippen LogP contribution is -2.38. The summed E-state index contributed by atoms with van der Waals surface area (Å²) >= 11 is 3.37. The van der Waals surface area contributed by atoms with Crippen LogP contribution in [0.1, 0.15) is 19.3 Å². The largest absolute Gasteiger partial charge is 0.274 e. The van der Waals surface area contributed by atoms with Crippen molar-refractivity contribution in [2.45, 2.75) is 19.3 Å². The second-order valence-electron chi connectivity index (χ2n) is 6.03. The Labute approximate surface area is 125 Å². The minimum absolute atomic E-state index is 0.00155. The van der Waals surface area contributed by atoms with E-state index in [1.165, 1.54) is 4.90 Å². The van der Waals surface area contributed by atoms with E-state index in [4.69, 9.17) is 0 Å². The number of nitrogens with zero attached hydrogens (tertiary/aromatic N) is 1. The molecule has 0 radical (unpaired) electrons. The predicted octanol–water partition coefficient (Wildman–Crippen LogP) is 3.29. The van der Waals surface area contributed by atoms with Gasteiger partial charge in [0.1, 0.15) is 0 Å². The summed E-state index contributed by atoms with van der Waals surface area (Å²) in [5.41, 5.74) is 0.232. The average Bonchev–Trinajstić information content (AvgIpc) is 3.07. The summed E-state index contributed by atoms with van der Waals surface area (Å²) in [6.45, 7) is 0. The molecule has 3 atom stereocenters. The first-order chi connectivity index (χ1) is 9.60. The molecule has 4 rings (SSSR count). The van der Waals surface area contributed by atoms with Gasteiger partial charge in [-0.05, 0) is 48.9 Å². The van der Waals surface area contributed by atoms with Crippen LogP contribution in [0.25, 0.3) is 0 Å². The zero-order valence-electron chi connectivity index (χ0n) is 10.9. The van der Waals surface area contributed by atoms with Gasteiger partial charge in [-0.15, -0.1) is 0 Å². The van der Waals surface area contributed by atoms with Crippen LogP contribution in [-0.2, 0) is 9.59 Å². The lowest BCUT2D eigenvalue weighted by atomic mass is 9.74. The fourth-order valence-electron chi connectivity index (χ4n) is 4.02. The molecule has 0 N–H and O–H groups in total. The lowest BCUT2D eigenvalue weighted by Gasteiger charge is -2.28. The summed E-state index contributed by atoms with van der Waals surface area (Å²) in [5.74, 6) is 0.686. The average molecular weight is 332 g/mol. The number of carbonyl (C=O) groups excluding carboxylic acids is 2. The van der Waals surface area contributed by atoms with Crippen molar-refractivity contribution in [2.75, 3.05) is 4.90 Å². The van der Waals surface area contributed by atoms with E-state index in [9.17, 15) is 9.59 Å². The van der Waals surface area contributed by atoms with Gasteiger partial charge in [0, 0.05) is 10.9 Å². The summed E-state index contributed by atoms with van der Waals surface area (Å²) in [7, 11) is 0. The molecular formula is C16H14BrNO2. The van der Waals surface area contributed by atoms with Crippen molar-refractivity contribution in [3.63, 3.8) is 0 Å². The Morgan fingerprint density at radius 2 is 1.90 bits per heavy atom. The van der Waals surface area contributed by atoms with Crippen LogP contribution in [-0.4, -0.2) is 11.8 Å². The van der Waals surface area contributed by atoms with Crippen LogP contribution in [0.3, 0.4) is 0 Å². The van der Waals surface area contributed by atoms with E-state index in [1.54, 1.807) is 0 Å². The number of amides is 2. The van der Waals surface area contributed by atoms with E-state index < -0.39 is 5.41 Å². The third-order valence-corrected chi connectivity index (χ3v) is 5.47. The van der Waals surface area contributed by atoms with Gasteiger partial charge in [0.05, 0.1) is 11.1 Å². The number of rotatable bonds is 1. The topological polar surface area (TPSA) is 37.4 Å². The molecule has 2 bridgehead atoms. The van der Waals surface area contributed by atoms with Crippen LogP contribution in [0, 0.1) is 17.3 Å². The maximum Gasteiger partial charge on any atom is 0.241 e. The molecule has 102 valence electrons. The van der Waals surface area contributed by atoms with Gasteiger partial charge >= 0.3 is 0 Å². The molecule has 4 heteroatoms. The molecule has 1 heterocycles. The van der Waals surface area contributed by atoms with E-state index in [2.05, 4.69) is 28.1 Å². The van der Waals surface area contributed by atoms with Gasteiger partial charge in [-0.25, -0.2) is 0 Å². The van der Waals surface area contributed by atoms with Crippen molar-refractivity contribution in [2.24, 2.45) is 17.3 Å². The number of carbonyl (C=O) groups is 2. The van der Waals surface area contributed by atoms with E-state index in [0.717, 1.165) is 17.3 Å². The van der Waals surface area contributed by atoms with E-state index in [0.29, 0.717) is 18.0 Å². The fraction of sp³-hybridized carbons (Fsp3) is 0.375. The number of allylic oxidation sites excluding steroid dienone is 2. The minimum Gasteiger partial charge on any atom is -0.274 e. The number of halogens is 1. The smallest absolute Gasteiger partial charge is 0.241 e. The number of fused-ring (bicyclic) bond motifs is 3. The van der Waals surface area contributed by atoms with Crippen LogP contribution in [0.2, 0.25) is 0 Å². The molecule has 20 heavy (non-hydrogen) atoms. The van der Waals surface area contributed by atoms with Gasteiger partial charge in [0.25, 0.3) is 0 Å². The van der Waals surface area contributed by atoms with Crippen molar-refractivity contribution in [3.8, 4) is 0 Å². The summed E-state index contributed by atoms with van der Waals surface area (Å²) in [5, 5.41) is 0. The predicted molar refractivity (Wildman–Crippen MR) is 79.0 cm³/mol. The molecule has 3 aliphatic rings. The fourth-order valence-corrected chi connectivity index (χ4v) is 4.28. The zero-order valence-corrected chi connectivity index (χ0v) is 12.5. The van der Waals surface area contributed by atoms with Crippen molar-refractivity contribution < 1.29 is 9.59 Å². The summed E-state index contributed by atoms with van der Waals surface area (Å²) < 4.78 is 0.943. The molecule has 1 aromatic carbocycles. The first-order valence-electron chi connectivity index (χ1n) is 6.91. The van der Waals surface area contributed by atoms with Crippen molar-refractivity contribution in [1.82, 2.24) is 0 Å². The van der Waals surface area contributed by atoms with Crippen LogP contribution in [0.5, 0.6) is 0 Å². The third kappa shape index (κ3) is 1.51. The zero-order chi connectivity index (χ0) is 13.9. The molecule has 0 aromatic heterocycles. The molecule has 2 fully saturated rings. The first kappa shape index (κ1) is 12.3. The van der Waals surface area contributed by atoms with E-state index in [-0.39, 0.29) is 17.7 Å². The number of hydrogen-bond acceptors (Lipinski definition) is 2. The van der Waals surface area contributed by atoms with Crippen LogP contribution in [0.15, 0.2) is 40.9 Å². The van der Waals surface area contributed by atoms with Crippen molar-refractivity contribution >= 4 is 33.4 Å². The molecule has 1 saturated carbocycles. The molecule has 2 aliphatic carbocycles. The number of benzene rings is 1. The molecule has 1 spiro atoms. The molecular weight excluding hydrogens is 318 g/mol. The summed E-state index contributed by atoms with van der Waals surface area (Å²) in [4.78, 5) is 26.6. The highest BCUT2D eigenvalue weighted by Crippen LogP contribution is 2.57. The lowest BCUT2D eigenvalue weighted by molar-refractivity contribution is -0.126. The highest BCUT2D eigenvalue weighted by Gasteiger charge is 2.60. The number of anilines is 1. The summed E-state index contributed by atoms with van der Waals surface area (Å²) in [6, 6.07) is 7.37. The van der Waals surface area contributed by atoms with Gasteiger partial charge < -0.3 is 0 Å².